The predicted molar refractivity (Wildman–Crippen MR) is 57.1 cm³/mol. The lowest BCUT2D eigenvalue weighted by molar-refractivity contribution is -0.148. The second-order valence-corrected chi connectivity index (χ2v) is 3.45. The van der Waals surface area contributed by atoms with E-state index in [9.17, 15) is 14.4 Å². The standard InChI is InChI=1S/C10H15ClO5/c1-3-15-9(13)5-7(11)8(12)6-10(14)16-4-2/h7H,3-6H2,1-2H3. The van der Waals surface area contributed by atoms with Crippen molar-refractivity contribution in [3.63, 3.8) is 0 Å². The summed E-state index contributed by atoms with van der Waals surface area (Å²) >= 11 is 5.65. The van der Waals surface area contributed by atoms with E-state index in [1.807, 2.05) is 0 Å². The van der Waals surface area contributed by atoms with Gasteiger partial charge in [0.1, 0.15) is 11.8 Å². The van der Waals surface area contributed by atoms with Crippen LogP contribution in [0.3, 0.4) is 0 Å². The fraction of sp³-hybridized carbons (Fsp3) is 0.700. The number of carbonyl (C=O) groups is 3. The third-order valence-corrected chi connectivity index (χ3v) is 2.02. The molecule has 0 aliphatic heterocycles. The first-order valence-corrected chi connectivity index (χ1v) is 5.42. The Kier molecular flexibility index (Phi) is 7.54. The summed E-state index contributed by atoms with van der Waals surface area (Å²) in [5, 5.41) is -1.04. The Morgan fingerprint density at radius 3 is 2.06 bits per heavy atom. The fourth-order valence-corrected chi connectivity index (χ4v) is 1.15. The zero-order chi connectivity index (χ0) is 12.6. The molecule has 0 aliphatic carbocycles. The van der Waals surface area contributed by atoms with Gasteiger partial charge in [0.15, 0.2) is 5.78 Å². The summed E-state index contributed by atoms with van der Waals surface area (Å²) < 4.78 is 9.20. The second kappa shape index (κ2) is 8.10. The van der Waals surface area contributed by atoms with Crippen LogP contribution in [0, 0.1) is 0 Å². The van der Waals surface area contributed by atoms with Crippen LogP contribution in [0.5, 0.6) is 0 Å². The summed E-state index contributed by atoms with van der Waals surface area (Å²) in [6.45, 7) is 3.73. The molecule has 1 atom stereocenters. The molecule has 0 heterocycles. The summed E-state index contributed by atoms with van der Waals surface area (Å²) in [7, 11) is 0. The van der Waals surface area contributed by atoms with Crippen LogP contribution in [0.4, 0.5) is 0 Å². The van der Waals surface area contributed by atoms with Crippen molar-refractivity contribution < 1.29 is 23.9 Å². The number of carbonyl (C=O) groups excluding carboxylic acids is 3. The molecule has 0 rings (SSSR count). The Morgan fingerprint density at radius 1 is 1.06 bits per heavy atom. The number of ketones is 1. The smallest absolute Gasteiger partial charge is 0.313 e. The van der Waals surface area contributed by atoms with E-state index in [4.69, 9.17) is 11.6 Å². The summed E-state index contributed by atoms with van der Waals surface area (Å²) in [6, 6.07) is 0. The van der Waals surface area contributed by atoms with Crippen LogP contribution in [0.1, 0.15) is 26.7 Å². The quantitative estimate of drug-likeness (QED) is 0.384. The highest BCUT2D eigenvalue weighted by Gasteiger charge is 2.22. The Hall–Kier alpha value is -1.10. The van der Waals surface area contributed by atoms with Crippen molar-refractivity contribution >= 4 is 29.3 Å². The molecular weight excluding hydrogens is 236 g/mol. The van der Waals surface area contributed by atoms with Crippen LogP contribution in [-0.2, 0) is 23.9 Å². The molecule has 1 unspecified atom stereocenters. The Morgan fingerprint density at radius 2 is 1.56 bits per heavy atom. The number of esters is 2. The lowest BCUT2D eigenvalue weighted by atomic mass is 10.1. The lowest BCUT2D eigenvalue weighted by Crippen LogP contribution is -2.23. The highest BCUT2D eigenvalue weighted by molar-refractivity contribution is 6.33. The Balaban J connectivity index is 3.99. The van der Waals surface area contributed by atoms with Gasteiger partial charge in [0.25, 0.3) is 0 Å². The SMILES string of the molecule is CCOC(=O)CC(=O)C(Cl)CC(=O)OCC. The monoisotopic (exact) mass is 250 g/mol. The average Bonchev–Trinajstić information content (AvgIpc) is 2.17. The van der Waals surface area contributed by atoms with Crippen LogP contribution in [0.25, 0.3) is 0 Å². The van der Waals surface area contributed by atoms with E-state index in [0.717, 1.165) is 0 Å². The number of Topliss-reactive ketones (excluding diaryl/α,β-unsaturated/α-hetero) is 1. The Labute approximate surface area is 99.0 Å². The van der Waals surface area contributed by atoms with Crippen LogP contribution < -0.4 is 0 Å². The van der Waals surface area contributed by atoms with Crippen molar-refractivity contribution in [3.05, 3.63) is 0 Å². The highest BCUT2D eigenvalue weighted by Crippen LogP contribution is 2.08. The normalized spacial score (nSPS) is 11.7. The molecule has 0 amide bonds. The number of halogens is 1. The molecule has 92 valence electrons. The number of hydrogen-bond donors (Lipinski definition) is 0. The number of ether oxygens (including phenoxy) is 2. The van der Waals surface area contributed by atoms with Crippen molar-refractivity contribution in [3.8, 4) is 0 Å². The largest absolute Gasteiger partial charge is 0.466 e. The number of alkyl halides is 1. The molecule has 0 bridgehead atoms. The van der Waals surface area contributed by atoms with Gasteiger partial charge in [0.2, 0.25) is 0 Å². The first kappa shape index (κ1) is 14.9. The first-order valence-electron chi connectivity index (χ1n) is 4.99. The summed E-state index contributed by atoms with van der Waals surface area (Å²) in [6.07, 6.45) is -0.644. The zero-order valence-electron chi connectivity index (χ0n) is 9.32. The van der Waals surface area contributed by atoms with Gasteiger partial charge in [0.05, 0.1) is 19.6 Å². The van der Waals surface area contributed by atoms with Crippen LogP contribution >= 0.6 is 11.6 Å². The molecule has 16 heavy (non-hydrogen) atoms. The van der Waals surface area contributed by atoms with Gasteiger partial charge in [-0.15, -0.1) is 11.6 Å². The van der Waals surface area contributed by atoms with E-state index in [-0.39, 0.29) is 19.6 Å². The van der Waals surface area contributed by atoms with Gasteiger partial charge in [-0.25, -0.2) is 0 Å². The zero-order valence-corrected chi connectivity index (χ0v) is 10.1. The maximum absolute atomic E-state index is 11.3. The van der Waals surface area contributed by atoms with E-state index in [2.05, 4.69) is 9.47 Å². The van der Waals surface area contributed by atoms with Gasteiger partial charge in [-0.1, -0.05) is 0 Å². The number of rotatable bonds is 7. The van der Waals surface area contributed by atoms with E-state index in [1.165, 1.54) is 0 Å². The number of hydrogen-bond acceptors (Lipinski definition) is 5. The van der Waals surface area contributed by atoms with E-state index >= 15 is 0 Å². The molecule has 0 aromatic heterocycles. The van der Waals surface area contributed by atoms with E-state index in [1.54, 1.807) is 13.8 Å². The molecule has 0 N–H and O–H groups in total. The minimum atomic E-state index is -1.04. The molecule has 0 radical (unpaired) electrons. The van der Waals surface area contributed by atoms with Crippen molar-refractivity contribution in [2.75, 3.05) is 13.2 Å². The third kappa shape index (κ3) is 6.40. The summed E-state index contributed by atoms with van der Waals surface area (Å²) in [4.78, 5) is 33.3. The van der Waals surface area contributed by atoms with Crippen molar-refractivity contribution in [1.82, 2.24) is 0 Å². The maximum atomic E-state index is 11.3. The first-order chi connectivity index (χ1) is 7.51. The minimum Gasteiger partial charge on any atom is -0.466 e. The van der Waals surface area contributed by atoms with E-state index in [0.29, 0.717) is 0 Å². The molecule has 0 aromatic carbocycles. The molecular formula is C10H15ClO5. The molecule has 0 aromatic rings. The van der Waals surface area contributed by atoms with Crippen molar-refractivity contribution in [2.45, 2.75) is 32.1 Å². The molecule has 6 heteroatoms. The van der Waals surface area contributed by atoms with Gasteiger partial charge < -0.3 is 9.47 Å². The van der Waals surface area contributed by atoms with Gasteiger partial charge in [-0.3, -0.25) is 14.4 Å². The average molecular weight is 251 g/mol. The van der Waals surface area contributed by atoms with Crippen LogP contribution in [-0.4, -0.2) is 36.3 Å². The molecule has 0 saturated carbocycles. The summed E-state index contributed by atoms with van der Waals surface area (Å²) in [5.74, 6) is -1.73. The molecule has 0 aliphatic rings. The minimum absolute atomic E-state index is 0.205. The highest BCUT2D eigenvalue weighted by atomic mass is 35.5. The molecule has 0 saturated heterocycles. The fourth-order valence-electron chi connectivity index (χ4n) is 0.945. The lowest BCUT2D eigenvalue weighted by Gasteiger charge is -2.07. The van der Waals surface area contributed by atoms with Crippen LogP contribution in [0.15, 0.2) is 0 Å². The van der Waals surface area contributed by atoms with E-state index < -0.39 is 29.5 Å². The topological polar surface area (TPSA) is 69.7 Å². The second-order valence-electron chi connectivity index (χ2n) is 2.92. The van der Waals surface area contributed by atoms with Crippen molar-refractivity contribution in [2.24, 2.45) is 0 Å². The maximum Gasteiger partial charge on any atom is 0.313 e. The van der Waals surface area contributed by atoms with Gasteiger partial charge in [0, 0.05) is 0 Å². The van der Waals surface area contributed by atoms with Crippen molar-refractivity contribution in [1.29, 1.82) is 0 Å². The van der Waals surface area contributed by atoms with Gasteiger partial charge in [-0.05, 0) is 13.8 Å². The summed E-state index contributed by atoms with van der Waals surface area (Å²) in [5.41, 5.74) is 0. The third-order valence-electron chi connectivity index (χ3n) is 1.62. The van der Waals surface area contributed by atoms with Gasteiger partial charge in [-0.2, -0.15) is 0 Å². The molecule has 5 nitrogen and oxygen atoms in total. The molecule has 0 fully saturated rings. The Bertz CT molecular complexity index is 264. The van der Waals surface area contributed by atoms with Gasteiger partial charge >= 0.3 is 11.9 Å². The predicted octanol–water partition coefficient (Wildman–Crippen LogP) is 1.07. The molecule has 0 spiro atoms. The van der Waals surface area contributed by atoms with Crippen LogP contribution in [0.2, 0.25) is 0 Å².